The Morgan fingerprint density at radius 1 is 1.04 bits per heavy atom. The summed E-state index contributed by atoms with van der Waals surface area (Å²) in [6.45, 7) is 9.69. The molecule has 0 spiro atoms. The van der Waals surface area contributed by atoms with Crippen LogP contribution in [0, 0.1) is 17.5 Å². The topological polar surface area (TPSA) is 55.8 Å². The maximum absolute atomic E-state index is 14.4. The molecule has 0 fully saturated rings. The van der Waals surface area contributed by atoms with Gasteiger partial charge < -0.3 is 14.6 Å². The molecule has 2 aromatic carbocycles. The third kappa shape index (κ3) is 4.57. The molecule has 1 atom stereocenters. The van der Waals surface area contributed by atoms with Crippen LogP contribution < -0.4 is 9.47 Å². The Kier molecular flexibility index (Phi) is 6.07. The summed E-state index contributed by atoms with van der Waals surface area (Å²) in [5, 5.41) is 9.57. The first-order chi connectivity index (χ1) is 12.6. The van der Waals surface area contributed by atoms with Gasteiger partial charge in [-0.2, -0.15) is 4.39 Å². The fraction of sp³-hybridized carbons (Fsp3) is 0.150. The Hall–Kier alpha value is -3.06. The van der Waals surface area contributed by atoms with E-state index in [9.17, 15) is 23.1 Å². The number of rotatable bonds is 6. The van der Waals surface area contributed by atoms with E-state index in [0.29, 0.717) is 0 Å². The van der Waals surface area contributed by atoms with Gasteiger partial charge in [-0.05, 0) is 49.2 Å². The largest absolute Gasteiger partial charge is 0.458 e. The van der Waals surface area contributed by atoms with Gasteiger partial charge in [0.2, 0.25) is 12.1 Å². The highest BCUT2D eigenvalue weighted by Gasteiger charge is 2.19. The molecule has 0 heterocycles. The lowest BCUT2D eigenvalue weighted by Gasteiger charge is -2.15. The molecule has 0 aliphatic rings. The van der Waals surface area contributed by atoms with Gasteiger partial charge in [-0.15, -0.1) is 0 Å². The van der Waals surface area contributed by atoms with Crippen molar-refractivity contribution in [2.24, 2.45) is 0 Å². The number of carbonyl (C=O) groups is 1. The highest BCUT2D eigenvalue weighted by atomic mass is 19.2. The summed E-state index contributed by atoms with van der Waals surface area (Å²) in [5.41, 5.74) is 0.0762. The van der Waals surface area contributed by atoms with Crippen molar-refractivity contribution in [1.29, 1.82) is 0 Å². The average Bonchev–Trinajstić information content (AvgIpc) is 2.60. The molecule has 0 saturated carbocycles. The lowest BCUT2D eigenvalue weighted by atomic mass is 10.0. The van der Waals surface area contributed by atoms with Crippen molar-refractivity contribution in [3.8, 4) is 22.6 Å². The minimum Gasteiger partial charge on any atom is -0.458 e. The van der Waals surface area contributed by atoms with Crippen LogP contribution >= 0.6 is 0 Å². The molecule has 2 aromatic rings. The molecule has 4 nitrogen and oxygen atoms in total. The number of hydrogen-bond acceptors (Lipinski definition) is 4. The summed E-state index contributed by atoms with van der Waals surface area (Å²) < 4.78 is 52.4. The van der Waals surface area contributed by atoms with Gasteiger partial charge in [0, 0.05) is 11.1 Å². The number of halogens is 3. The number of aliphatic hydroxyl groups is 1. The maximum atomic E-state index is 14.4. The molecule has 0 aromatic heterocycles. The van der Waals surface area contributed by atoms with E-state index in [1.165, 1.54) is 26.0 Å². The lowest BCUT2D eigenvalue weighted by molar-refractivity contribution is -0.130. The molecule has 0 saturated heterocycles. The Balaban J connectivity index is 2.34. The van der Waals surface area contributed by atoms with Crippen LogP contribution in [-0.2, 0) is 4.79 Å². The van der Waals surface area contributed by atoms with Gasteiger partial charge in [-0.25, -0.2) is 13.6 Å². The van der Waals surface area contributed by atoms with Gasteiger partial charge in [0.25, 0.3) is 0 Å². The fourth-order valence-electron chi connectivity index (χ4n) is 2.01. The third-order valence-corrected chi connectivity index (χ3v) is 3.50. The van der Waals surface area contributed by atoms with Crippen LogP contribution in [0.5, 0.6) is 11.5 Å². The smallest absolute Gasteiger partial charge is 0.338 e. The van der Waals surface area contributed by atoms with Crippen molar-refractivity contribution in [2.75, 3.05) is 0 Å². The molecule has 0 aliphatic carbocycles. The zero-order valence-corrected chi connectivity index (χ0v) is 14.7. The van der Waals surface area contributed by atoms with E-state index < -0.39 is 35.5 Å². The summed E-state index contributed by atoms with van der Waals surface area (Å²) in [6, 6.07) is 5.60. The minimum absolute atomic E-state index is 0.0218. The van der Waals surface area contributed by atoms with Crippen molar-refractivity contribution in [3.63, 3.8) is 0 Å². The molecule has 2 rings (SSSR count). The van der Waals surface area contributed by atoms with Crippen molar-refractivity contribution < 1.29 is 32.5 Å². The second-order valence-electron chi connectivity index (χ2n) is 5.87. The van der Waals surface area contributed by atoms with Crippen molar-refractivity contribution in [3.05, 3.63) is 72.1 Å². The SMILES string of the molecule is C=C(C)C(=O)Oc1ccc(-c2ccc(OC(O)C(=C)C)c(F)c2)c(F)c1F. The van der Waals surface area contributed by atoms with Crippen molar-refractivity contribution in [1.82, 2.24) is 0 Å². The van der Waals surface area contributed by atoms with E-state index in [1.807, 2.05) is 0 Å². The summed E-state index contributed by atoms with van der Waals surface area (Å²) >= 11 is 0. The fourth-order valence-corrected chi connectivity index (χ4v) is 2.01. The summed E-state index contributed by atoms with van der Waals surface area (Å²) in [4.78, 5) is 11.4. The second kappa shape index (κ2) is 8.09. The molecule has 0 bridgehead atoms. The monoisotopic (exact) mass is 378 g/mol. The lowest BCUT2D eigenvalue weighted by Crippen LogP contribution is -2.16. The average molecular weight is 378 g/mol. The van der Waals surface area contributed by atoms with Crippen LogP contribution in [-0.4, -0.2) is 17.4 Å². The summed E-state index contributed by atoms with van der Waals surface area (Å²) in [5.74, 6) is -5.36. The van der Waals surface area contributed by atoms with E-state index in [4.69, 9.17) is 9.47 Å². The second-order valence-corrected chi connectivity index (χ2v) is 5.87. The zero-order chi connectivity index (χ0) is 20.3. The zero-order valence-electron chi connectivity index (χ0n) is 14.7. The molecule has 7 heteroatoms. The standard InChI is InChI=1S/C20H17F3O4/c1-10(2)19(24)26-15-7-5-12(9-14(15)21)13-6-8-16(18(23)17(13)22)27-20(25)11(3)4/h5-9,19,24H,1,3H2,2,4H3. The molecule has 1 N–H and O–H groups in total. The normalized spacial score (nSPS) is 11.6. The number of ether oxygens (including phenoxy) is 2. The molecular formula is C20H17F3O4. The van der Waals surface area contributed by atoms with E-state index in [0.717, 1.165) is 18.2 Å². The van der Waals surface area contributed by atoms with Gasteiger partial charge in [0.05, 0.1) is 0 Å². The summed E-state index contributed by atoms with van der Waals surface area (Å²) in [7, 11) is 0. The van der Waals surface area contributed by atoms with E-state index in [1.54, 1.807) is 0 Å². The number of aliphatic hydroxyl groups excluding tert-OH is 1. The molecule has 1 unspecified atom stereocenters. The van der Waals surface area contributed by atoms with Crippen LogP contribution in [0.1, 0.15) is 13.8 Å². The van der Waals surface area contributed by atoms with Crippen molar-refractivity contribution >= 4 is 5.97 Å². The molecule has 142 valence electrons. The minimum atomic E-state index is -1.40. The van der Waals surface area contributed by atoms with Gasteiger partial charge in [-0.1, -0.05) is 19.2 Å². The van der Waals surface area contributed by atoms with Crippen LogP contribution in [0.3, 0.4) is 0 Å². The highest BCUT2D eigenvalue weighted by molar-refractivity contribution is 5.88. The summed E-state index contributed by atoms with van der Waals surface area (Å²) in [6.07, 6.45) is -1.40. The predicted octanol–water partition coefficient (Wildman–Crippen LogP) is 4.53. The van der Waals surface area contributed by atoms with Crippen LogP contribution in [0.25, 0.3) is 11.1 Å². The van der Waals surface area contributed by atoms with Crippen molar-refractivity contribution in [2.45, 2.75) is 20.1 Å². The number of benzene rings is 2. The molecule has 0 radical (unpaired) electrons. The number of hydrogen-bond donors (Lipinski definition) is 1. The van der Waals surface area contributed by atoms with Gasteiger partial charge in [0.15, 0.2) is 23.1 Å². The number of esters is 1. The van der Waals surface area contributed by atoms with Crippen LogP contribution in [0.4, 0.5) is 13.2 Å². The van der Waals surface area contributed by atoms with Gasteiger partial charge in [0.1, 0.15) is 0 Å². The quantitative estimate of drug-likeness (QED) is 0.264. The molecule has 27 heavy (non-hydrogen) atoms. The molecule has 0 aliphatic heterocycles. The predicted molar refractivity (Wildman–Crippen MR) is 93.6 cm³/mol. The third-order valence-electron chi connectivity index (χ3n) is 3.50. The first-order valence-corrected chi connectivity index (χ1v) is 7.77. The Morgan fingerprint density at radius 2 is 1.67 bits per heavy atom. The highest BCUT2D eigenvalue weighted by Crippen LogP contribution is 2.32. The first-order valence-electron chi connectivity index (χ1n) is 7.77. The first kappa shape index (κ1) is 20.3. The molecular weight excluding hydrogens is 361 g/mol. The Bertz CT molecular complexity index is 922. The Morgan fingerprint density at radius 3 is 2.22 bits per heavy atom. The molecule has 0 amide bonds. The van der Waals surface area contributed by atoms with Gasteiger partial charge in [-0.3, -0.25) is 0 Å². The van der Waals surface area contributed by atoms with Crippen LogP contribution in [0.2, 0.25) is 0 Å². The van der Waals surface area contributed by atoms with E-state index in [-0.39, 0.29) is 28.0 Å². The number of carbonyl (C=O) groups excluding carboxylic acids is 1. The van der Waals surface area contributed by atoms with E-state index >= 15 is 0 Å². The van der Waals surface area contributed by atoms with E-state index in [2.05, 4.69) is 13.2 Å². The van der Waals surface area contributed by atoms with Gasteiger partial charge >= 0.3 is 5.97 Å². The Labute approximate surface area is 154 Å². The maximum Gasteiger partial charge on any atom is 0.338 e. The van der Waals surface area contributed by atoms with Crippen LogP contribution in [0.15, 0.2) is 54.6 Å².